The van der Waals surface area contributed by atoms with Crippen molar-refractivity contribution in [1.82, 2.24) is 10.6 Å². The molecule has 0 radical (unpaired) electrons. The molecule has 3 rings (SSSR count). The summed E-state index contributed by atoms with van der Waals surface area (Å²) in [5, 5.41) is 5.86. The molecule has 146 valence electrons. The summed E-state index contributed by atoms with van der Waals surface area (Å²) in [7, 11) is 0. The summed E-state index contributed by atoms with van der Waals surface area (Å²) in [5.41, 5.74) is 3.63. The molecule has 0 bridgehead atoms. The van der Waals surface area contributed by atoms with Crippen LogP contribution >= 0.6 is 0 Å². The van der Waals surface area contributed by atoms with Crippen molar-refractivity contribution in [2.24, 2.45) is 0 Å². The first-order chi connectivity index (χ1) is 13.7. The maximum Gasteiger partial charge on any atom is 0.251 e. The van der Waals surface area contributed by atoms with Crippen molar-refractivity contribution < 1.29 is 14.3 Å². The minimum atomic E-state index is -0.165. The number of nitrogens with one attached hydrogen (secondary N) is 2. The van der Waals surface area contributed by atoms with E-state index in [1.54, 1.807) is 18.2 Å². The van der Waals surface area contributed by atoms with E-state index < -0.39 is 0 Å². The van der Waals surface area contributed by atoms with Crippen LogP contribution in [0.4, 0.5) is 0 Å². The number of amides is 2. The van der Waals surface area contributed by atoms with Gasteiger partial charge in [-0.05, 0) is 54.7 Å². The molecular weight excluding hydrogens is 352 g/mol. The van der Waals surface area contributed by atoms with Gasteiger partial charge in [0.1, 0.15) is 0 Å². The fourth-order valence-electron chi connectivity index (χ4n) is 2.74. The topological polar surface area (TPSA) is 67.4 Å². The predicted octanol–water partition coefficient (Wildman–Crippen LogP) is 3.44. The van der Waals surface area contributed by atoms with Crippen LogP contribution in [0.2, 0.25) is 0 Å². The highest BCUT2D eigenvalue weighted by Gasteiger charge is 2.23. The molecule has 5 heteroatoms. The highest BCUT2D eigenvalue weighted by molar-refractivity contribution is 5.95. The van der Waals surface area contributed by atoms with Crippen molar-refractivity contribution >= 4 is 17.9 Å². The van der Waals surface area contributed by atoms with Gasteiger partial charge in [0.15, 0.2) is 0 Å². The number of hydrogen-bond acceptors (Lipinski definition) is 3. The monoisotopic (exact) mass is 378 g/mol. The molecule has 2 N–H and O–H groups in total. The van der Waals surface area contributed by atoms with Crippen LogP contribution in [0.15, 0.2) is 54.6 Å². The number of rotatable bonds is 9. The lowest BCUT2D eigenvalue weighted by molar-refractivity contribution is -0.116. The largest absolute Gasteiger partial charge is 0.377 e. The Balaban J connectivity index is 1.50. The summed E-state index contributed by atoms with van der Waals surface area (Å²) >= 11 is 0. The van der Waals surface area contributed by atoms with Crippen LogP contribution < -0.4 is 10.6 Å². The van der Waals surface area contributed by atoms with Crippen LogP contribution in [0, 0.1) is 0 Å². The van der Waals surface area contributed by atoms with Gasteiger partial charge in [-0.2, -0.15) is 0 Å². The van der Waals surface area contributed by atoms with Gasteiger partial charge in [0.05, 0.1) is 6.61 Å². The highest BCUT2D eigenvalue weighted by Crippen LogP contribution is 2.19. The molecule has 2 amide bonds. The van der Waals surface area contributed by atoms with Crippen molar-refractivity contribution in [3.63, 3.8) is 0 Å². The second kappa shape index (κ2) is 9.85. The molecule has 0 saturated heterocycles. The molecule has 0 atom stereocenters. The van der Waals surface area contributed by atoms with E-state index in [2.05, 4.69) is 10.6 Å². The summed E-state index contributed by atoms with van der Waals surface area (Å²) in [6.45, 7) is 3.61. The Labute approximate surface area is 165 Å². The maximum atomic E-state index is 12.1. The van der Waals surface area contributed by atoms with E-state index in [0.717, 1.165) is 29.5 Å². The zero-order chi connectivity index (χ0) is 19.8. The molecule has 0 heterocycles. The van der Waals surface area contributed by atoms with E-state index in [1.807, 2.05) is 43.3 Å². The summed E-state index contributed by atoms with van der Waals surface area (Å²) in [5.74, 6) is -0.205. The lowest BCUT2D eigenvalue weighted by atomic mass is 10.1. The second-order valence-corrected chi connectivity index (χ2v) is 6.83. The Morgan fingerprint density at radius 1 is 1.07 bits per heavy atom. The standard InChI is InChI=1S/C23H26N2O3/c1-2-28-16-20-6-4-3-5-19(20)15-24-22(26)14-9-17-7-10-18(11-8-17)23(27)25-21-12-13-21/h3-11,14,21H,2,12-13,15-16H2,1H3,(H,24,26)(H,25,27)/b14-9+. The van der Waals surface area contributed by atoms with E-state index in [4.69, 9.17) is 4.74 Å². The molecule has 28 heavy (non-hydrogen) atoms. The van der Waals surface area contributed by atoms with Crippen LogP contribution in [0.5, 0.6) is 0 Å². The molecule has 0 aliphatic heterocycles. The van der Waals surface area contributed by atoms with E-state index in [9.17, 15) is 9.59 Å². The Morgan fingerprint density at radius 3 is 2.46 bits per heavy atom. The minimum Gasteiger partial charge on any atom is -0.377 e. The zero-order valence-corrected chi connectivity index (χ0v) is 16.1. The Bertz CT molecular complexity index is 839. The lowest BCUT2D eigenvalue weighted by Gasteiger charge is -2.09. The number of benzene rings is 2. The van der Waals surface area contributed by atoms with Crippen molar-refractivity contribution in [2.45, 2.75) is 39.0 Å². The second-order valence-electron chi connectivity index (χ2n) is 6.83. The third kappa shape index (κ3) is 6.06. The van der Waals surface area contributed by atoms with Gasteiger partial charge in [-0.3, -0.25) is 9.59 Å². The average Bonchev–Trinajstić information content (AvgIpc) is 3.54. The minimum absolute atomic E-state index is 0.0403. The van der Waals surface area contributed by atoms with E-state index >= 15 is 0 Å². The quantitative estimate of drug-likeness (QED) is 0.657. The molecule has 5 nitrogen and oxygen atoms in total. The van der Waals surface area contributed by atoms with E-state index in [-0.39, 0.29) is 11.8 Å². The van der Waals surface area contributed by atoms with Crippen molar-refractivity contribution in [3.8, 4) is 0 Å². The first-order valence-corrected chi connectivity index (χ1v) is 9.67. The molecule has 1 fully saturated rings. The van der Waals surface area contributed by atoms with Crippen LogP contribution in [-0.4, -0.2) is 24.5 Å². The van der Waals surface area contributed by atoms with E-state index in [1.165, 1.54) is 6.08 Å². The molecule has 0 unspecified atom stereocenters. The summed E-state index contributed by atoms with van der Waals surface area (Å²) in [6.07, 6.45) is 5.38. The predicted molar refractivity (Wildman–Crippen MR) is 110 cm³/mol. The number of ether oxygens (including phenoxy) is 1. The molecule has 1 aliphatic rings. The van der Waals surface area contributed by atoms with Crippen LogP contribution in [-0.2, 0) is 22.7 Å². The first kappa shape index (κ1) is 19.8. The van der Waals surface area contributed by atoms with E-state index in [0.29, 0.717) is 31.4 Å². The van der Waals surface area contributed by atoms with Gasteiger partial charge < -0.3 is 15.4 Å². The van der Waals surface area contributed by atoms with Gasteiger partial charge in [0, 0.05) is 30.8 Å². The highest BCUT2D eigenvalue weighted by atomic mass is 16.5. The Morgan fingerprint density at radius 2 is 1.79 bits per heavy atom. The third-order valence-electron chi connectivity index (χ3n) is 4.55. The average molecular weight is 378 g/mol. The first-order valence-electron chi connectivity index (χ1n) is 9.67. The molecule has 0 aromatic heterocycles. The number of carbonyl (C=O) groups excluding carboxylic acids is 2. The van der Waals surface area contributed by atoms with Gasteiger partial charge in [0.2, 0.25) is 5.91 Å². The molecule has 2 aromatic carbocycles. The fourth-order valence-corrected chi connectivity index (χ4v) is 2.74. The fraction of sp³-hybridized carbons (Fsp3) is 0.304. The summed E-state index contributed by atoms with van der Waals surface area (Å²) in [6, 6.07) is 15.5. The zero-order valence-electron chi connectivity index (χ0n) is 16.1. The van der Waals surface area contributed by atoms with Crippen molar-refractivity contribution in [1.29, 1.82) is 0 Å². The number of hydrogen-bond donors (Lipinski definition) is 2. The Kier molecular flexibility index (Phi) is 6.98. The van der Waals surface area contributed by atoms with Gasteiger partial charge >= 0.3 is 0 Å². The molecule has 2 aromatic rings. The van der Waals surface area contributed by atoms with Crippen LogP contribution in [0.3, 0.4) is 0 Å². The van der Waals surface area contributed by atoms with Gasteiger partial charge in [-0.15, -0.1) is 0 Å². The van der Waals surface area contributed by atoms with Crippen molar-refractivity contribution in [2.75, 3.05) is 6.61 Å². The summed E-state index contributed by atoms with van der Waals surface area (Å²) < 4.78 is 5.47. The smallest absolute Gasteiger partial charge is 0.251 e. The van der Waals surface area contributed by atoms with Crippen LogP contribution in [0.25, 0.3) is 6.08 Å². The van der Waals surface area contributed by atoms with Gasteiger partial charge in [0.25, 0.3) is 5.91 Å². The lowest BCUT2D eigenvalue weighted by Crippen LogP contribution is -2.25. The van der Waals surface area contributed by atoms with Gasteiger partial charge in [-0.1, -0.05) is 36.4 Å². The van der Waals surface area contributed by atoms with Gasteiger partial charge in [-0.25, -0.2) is 0 Å². The molecular formula is C23H26N2O3. The van der Waals surface area contributed by atoms with Crippen molar-refractivity contribution in [3.05, 3.63) is 76.9 Å². The molecule has 1 saturated carbocycles. The SMILES string of the molecule is CCOCc1ccccc1CNC(=O)/C=C/c1ccc(C(=O)NC2CC2)cc1. The van der Waals surface area contributed by atoms with Crippen LogP contribution in [0.1, 0.15) is 46.8 Å². The maximum absolute atomic E-state index is 12.1. The number of carbonyl (C=O) groups is 2. The molecule has 1 aliphatic carbocycles. The molecule has 0 spiro atoms. The summed E-state index contributed by atoms with van der Waals surface area (Å²) in [4.78, 5) is 24.1. The normalized spacial score (nSPS) is 13.5. The third-order valence-corrected chi connectivity index (χ3v) is 4.55. The Hall–Kier alpha value is -2.92.